The molecule has 0 spiro atoms. The van der Waals surface area contributed by atoms with Crippen molar-refractivity contribution in [2.75, 3.05) is 5.09 Å². The minimum absolute atomic E-state index is 0.185. The van der Waals surface area contributed by atoms with Gasteiger partial charge in [0.05, 0.1) is 10.2 Å². The smallest absolute Gasteiger partial charge is 0.161 e. The van der Waals surface area contributed by atoms with Crippen LogP contribution in [0.2, 0.25) is 0 Å². The van der Waals surface area contributed by atoms with E-state index in [1.165, 1.54) is 0 Å². The van der Waals surface area contributed by atoms with E-state index in [0.717, 1.165) is 5.56 Å². The van der Waals surface area contributed by atoms with Crippen molar-refractivity contribution >= 4 is 55.7 Å². The Morgan fingerprint density at radius 1 is 1.28 bits per heavy atom. The fraction of sp³-hybridized carbons (Fsp3) is 0.0588. The van der Waals surface area contributed by atoms with Crippen molar-refractivity contribution in [3.63, 3.8) is 0 Å². The van der Waals surface area contributed by atoms with Crippen molar-refractivity contribution in [3.8, 4) is 0 Å². The Kier molecular flexibility index (Phi) is 6.19. The monoisotopic (exact) mass is 530 g/mol. The van der Waals surface area contributed by atoms with Gasteiger partial charge in [-0.2, -0.15) is 0 Å². The molecular formula is C17H14BrFIN4P. The molecule has 2 aromatic carbocycles. The van der Waals surface area contributed by atoms with Gasteiger partial charge in [0.25, 0.3) is 0 Å². The maximum Gasteiger partial charge on any atom is 0.161 e. The molecule has 0 bridgehead atoms. The van der Waals surface area contributed by atoms with Crippen LogP contribution in [0, 0.1) is 11.2 Å². The van der Waals surface area contributed by atoms with Gasteiger partial charge >= 0.3 is 0 Å². The van der Waals surface area contributed by atoms with Gasteiger partial charge in [-0.3, -0.25) is 5.41 Å². The first-order chi connectivity index (χ1) is 12.1. The molecule has 128 valence electrons. The summed E-state index contributed by atoms with van der Waals surface area (Å²) in [4.78, 5) is 4.32. The van der Waals surface area contributed by atoms with Crippen molar-refractivity contribution in [1.82, 2.24) is 9.55 Å². The Balaban J connectivity index is 1.98. The predicted octanol–water partition coefficient (Wildman–Crippen LogP) is 5.60. The highest BCUT2D eigenvalue weighted by molar-refractivity contribution is 14.2. The normalized spacial score (nSPS) is 11.2. The second-order valence-corrected chi connectivity index (χ2v) is 8.15. The summed E-state index contributed by atoms with van der Waals surface area (Å²) in [6.45, 7) is 0.606. The van der Waals surface area contributed by atoms with Crippen molar-refractivity contribution in [1.29, 1.82) is 5.41 Å². The van der Waals surface area contributed by atoms with Gasteiger partial charge in [0.1, 0.15) is 5.71 Å². The number of hydrogen-bond donors (Lipinski definition) is 2. The van der Waals surface area contributed by atoms with Crippen LogP contribution in [0.3, 0.4) is 0 Å². The minimum Gasteiger partial charge on any atom is -0.356 e. The lowest BCUT2D eigenvalue weighted by Crippen LogP contribution is -2.14. The van der Waals surface area contributed by atoms with E-state index in [2.05, 4.69) is 48.0 Å². The molecule has 8 heteroatoms. The molecule has 4 nitrogen and oxygen atoms in total. The molecule has 0 aliphatic carbocycles. The Bertz CT molecular complexity index is 901. The van der Waals surface area contributed by atoms with Crippen molar-refractivity contribution < 1.29 is 4.39 Å². The number of rotatable bonds is 6. The summed E-state index contributed by atoms with van der Waals surface area (Å²) in [5.41, 5.74) is 2.11. The van der Waals surface area contributed by atoms with Crippen LogP contribution in [0.1, 0.15) is 17.0 Å². The topological polar surface area (TPSA) is 53.7 Å². The van der Waals surface area contributed by atoms with Gasteiger partial charge in [0, 0.05) is 30.9 Å². The molecule has 3 aromatic rings. The van der Waals surface area contributed by atoms with Crippen LogP contribution < -0.4 is 5.09 Å². The third-order valence-electron chi connectivity index (χ3n) is 3.67. The standard InChI is InChI=1S/C17H14BrFIN4P/c18-13-7-6-12(16(14(13)19)23-25-20)15(21)17-22-8-9-24(17)10-11-4-2-1-3-5-11/h1-9,21,23,25H,10H2. The summed E-state index contributed by atoms with van der Waals surface area (Å²) in [5.74, 6) is 0.109. The molecule has 2 N–H and O–H groups in total. The first-order valence-corrected chi connectivity index (χ1v) is 12.3. The summed E-state index contributed by atoms with van der Waals surface area (Å²) in [6.07, 6.45) is 3.79. The number of nitrogens with zero attached hydrogens (tertiary/aromatic N) is 2. The fourth-order valence-corrected chi connectivity index (χ4v) is 3.97. The number of imidazole rings is 1. The molecule has 0 saturated heterocycles. The highest BCUT2D eigenvalue weighted by Crippen LogP contribution is 2.33. The van der Waals surface area contributed by atoms with Gasteiger partial charge in [0.15, 0.2) is 11.6 Å². The molecule has 0 radical (unpaired) electrons. The number of hydrogen-bond acceptors (Lipinski definition) is 3. The average molecular weight is 531 g/mol. The Labute approximate surface area is 168 Å². The van der Waals surface area contributed by atoms with Gasteiger partial charge in [-0.1, -0.05) is 30.3 Å². The molecule has 1 aromatic heterocycles. The third-order valence-corrected chi connectivity index (χ3v) is 5.44. The van der Waals surface area contributed by atoms with Crippen molar-refractivity contribution in [2.24, 2.45) is 0 Å². The Hall–Kier alpha value is -1.31. The Morgan fingerprint density at radius 3 is 2.76 bits per heavy atom. The lowest BCUT2D eigenvalue weighted by molar-refractivity contribution is 0.625. The molecule has 25 heavy (non-hydrogen) atoms. The molecule has 1 atom stereocenters. The quantitative estimate of drug-likeness (QED) is 0.247. The molecular weight excluding hydrogens is 517 g/mol. The predicted molar refractivity (Wildman–Crippen MR) is 114 cm³/mol. The van der Waals surface area contributed by atoms with E-state index in [1.807, 2.05) is 41.1 Å². The summed E-state index contributed by atoms with van der Waals surface area (Å²) in [5, 5.41) is 11.6. The zero-order valence-corrected chi connectivity index (χ0v) is 17.7. The summed E-state index contributed by atoms with van der Waals surface area (Å²) < 4.78 is 16.7. The summed E-state index contributed by atoms with van der Waals surface area (Å²) >= 11 is 5.34. The van der Waals surface area contributed by atoms with Crippen LogP contribution in [0.15, 0.2) is 59.3 Å². The van der Waals surface area contributed by atoms with Crippen LogP contribution in [0.4, 0.5) is 10.1 Å². The van der Waals surface area contributed by atoms with Crippen LogP contribution in [0.5, 0.6) is 0 Å². The fourth-order valence-electron chi connectivity index (χ4n) is 2.49. The van der Waals surface area contributed by atoms with E-state index in [-0.39, 0.29) is 5.71 Å². The van der Waals surface area contributed by atoms with Crippen LogP contribution in [-0.4, -0.2) is 15.3 Å². The first-order valence-electron chi connectivity index (χ1n) is 7.36. The van der Waals surface area contributed by atoms with Crippen LogP contribution in [-0.2, 0) is 6.54 Å². The molecule has 0 amide bonds. The maximum absolute atomic E-state index is 14.5. The summed E-state index contributed by atoms with van der Waals surface area (Å²) in [7, 11) is 0. The van der Waals surface area contributed by atoms with Crippen molar-refractivity contribution in [2.45, 2.75) is 6.54 Å². The zero-order valence-electron chi connectivity index (χ0n) is 12.9. The van der Waals surface area contributed by atoms with Gasteiger partial charge in [0.2, 0.25) is 0 Å². The van der Waals surface area contributed by atoms with Gasteiger partial charge in [-0.05, 0) is 55.7 Å². The minimum atomic E-state index is -0.396. The third kappa shape index (κ3) is 4.10. The Morgan fingerprint density at radius 2 is 2.04 bits per heavy atom. The van der Waals surface area contributed by atoms with E-state index < -0.39 is 5.82 Å². The van der Waals surface area contributed by atoms with E-state index in [0.29, 0.717) is 34.5 Å². The SMILES string of the molecule is N=C(c1ccc(Br)c(F)c1NPI)c1nccn1Cc1ccccc1. The van der Waals surface area contributed by atoms with Gasteiger partial charge in [-0.25, -0.2) is 9.37 Å². The molecule has 0 saturated carbocycles. The maximum atomic E-state index is 14.5. The van der Waals surface area contributed by atoms with Crippen LogP contribution >= 0.6 is 44.3 Å². The highest BCUT2D eigenvalue weighted by atomic mass is 127. The largest absolute Gasteiger partial charge is 0.356 e. The highest BCUT2D eigenvalue weighted by Gasteiger charge is 2.19. The molecule has 0 aliphatic rings. The van der Waals surface area contributed by atoms with Gasteiger partial charge < -0.3 is 9.65 Å². The first kappa shape index (κ1) is 18.5. The molecule has 0 fully saturated rings. The number of benzene rings is 2. The average Bonchev–Trinajstić information content (AvgIpc) is 3.08. The number of aromatic nitrogens is 2. The van der Waals surface area contributed by atoms with E-state index in [4.69, 9.17) is 5.41 Å². The number of anilines is 1. The molecule has 1 unspecified atom stereocenters. The number of halogens is 3. The molecule has 1 heterocycles. The molecule has 3 rings (SSSR count). The van der Waals surface area contributed by atoms with Crippen LogP contribution in [0.25, 0.3) is 0 Å². The number of nitrogens with one attached hydrogen (secondary N) is 2. The van der Waals surface area contributed by atoms with E-state index in [1.54, 1.807) is 18.3 Å². The molecule has 0 aliphatic heterocycles. The van der Waals surface area contributed by atoms with Gasteiger partial charge in [-0.15, -0.1) is 0 Å². The lowest BCUT2D eigenvalue weighted by atomic mass is 10.1. The summed E-state index contributed by atoms with van der Waals surface area (Å²) in [6, 6.07) is 13.3. The second kappa shape index (κ2) is 8.38. The van der Waals surface area contributed by atoms with Crippen molar-refractivity contribution in [3.05, 3.63) is 82.1 Å². The van der Waals surface area contributed by atoms with E-state index >= 15 is 0 Å². The lowest BCUT2D eigenvalue weighted by Gasteiger charge is -2.14. The van der Waals surface area contributed by atoms with E-state index in [9.17, 15) is 4.39 Å². The second-order valence-electron chi connectivity index (χ2n) is 5.24. The zero-order chi connectivity index (χ0) is 17.8.